The lowest BCUT2D eigenvalue weighted by Crippen LogP contribution is -2.39. The number of nitrogens with one attached hydrogen (secondary N) is 2. The first-order valence-corrected chi connectivity index (χ1v) is 11.1. The largest absolute Gasteiger partial charge is 0.464 e. The second kappa shape index (κ2) is 10.1. The average molecular weight is 441 g/mol. The second-order valence-electron chi connectivity index (χ2n) is 8.05. The number of hydrazone groups is 2. The van der Waals surface area contributed by atoms with E-state index in [1.807, 2.05) is 92.7 Å². The van der Waals surface area contributed by atoms with Crippen molar-refractivity contribution in [2.45, 2.75) is 32.7 Å². The number of carbonyl (C=O) groups is 1. The minimum atomic E-state index is -0.630. The molecule has 33 heavy (non-hydrogen) atoms. The van der Waals surface area contributed by atoms with Crippen LogP contribution in [0.2, 0.25) is 0 Å². The second-order valence-corrected chi connectivity index (χ2v) is 8.05. The summed E-state index contributed by atoms with van der Waals surface area (Å²) in [7, 11) is 0. The van der Waals surface area contributed by atoms with Crippen LogP contribution in [0.1, 0.15) is 35.1 Å². The lowest BCUT2D eigenvalue weighted by atomic mass is 9.84. The van der Waals surface area contributed by atoms with Crippen molar-refractivity contribution in [3.05, 3.63) is 101 Å². The van der Waals surface area contributed by atoms with E-state index in [2.05, 4.69) is 16.0 Å². The summed E-state index contributed by atoms with van der Waals surface area (Å²) in [5.41, 5.74) is 12.6. The summed E-state index contributed by atoms with van der Waals surface area (Å²) in [6, 6.07) is 25.4. The van der Waals surface area contributed by atoms with E-state index in [4.69, 9.17) is 9.84 Å². The maximum absolute atomic E-state index is 12.8. The van der Waals surface area contributed by atoms with Gasteiger partial charge in [-0.05, 0) is 38.5 Å². The minimum absolute atomic E-state index is 0.307. The van der Waals surface area contributed by atoms with E-state index in [9.17, 15) is 4.79 Å². The molecule has 2 unspecified atom stereocenters. The van der Waals surface area contributed by atoms with Crippen LogP contribution in [0, 0.1) is 13.8 Å². The van der Waals surface area contributed by atoms with Gasteiger partial charge in [-0.1, -0.05) is 77.9 Å². The Balaban J connectivity index is 1.78. The highest BCUT2D eigenvalue weighted by atomic mass is 16.5. The maximum Gasteiger partial charge on any atom is 0.331 e. The molecule has 1 aliphatic rings. The molecule has 1 aliphatic heterocycles. The highest BCUT2D eigenvalue weighted by Gasteiger charge is 2.41. The molecule has 6 heteroatoms. The van der Waals surface area contributed by atoms with Crippen LogP contribution in [0.4, 0.5) is 5.69 Å². The Morgan fingerprint density at radius 3 is 2.24 bits per heavy atom. The van der Waals surface area contributed by atoms with Gasteiger partial charge in [-0.15, -0.1) is 0 Å². The molecule has 0 fully saturated rings. The zero-order chi connectivity index (χ0) is 23.2. The molecule has 3 aromatic carbocycles. The Hall–Kier alpha value is -3.93. The van der Waals surface area contributed by atoms with Gasteiger partial charge in [0.25, 0.3) is 0 Å². The van der Waals surface area contributed by atoms with E-state index in [0.717, 1.165) is 27.9 Å². The van der Waals surface area contributed by atoms with Gasteiger partial charge in [-0.3, -0.25) is 10.9 Å². The first-order chi connectivity index (χ1) is 16.1. The molecule has 0 spiro atoms. The van der Waals surface area contributed by atoms with Crippen molar-refractivity contribution in [1.29, 1.82) is 0 Å². The third kappa shape index (κ3) is 5.12. The fraction of sp³-hybridized carbons (Fsp3) is 0.222. The van der Waals surface area contributed by atoms with Crippen LogP contribution in [0.15, 0.2) is 89.1 Å². The van der Waals surface area contributed by atoms with Crippen LogP contribution >= 0.6 is 0 Å². The van der Waals surface area contributed by atoms with E-state index in [1.165, 1.54) is 0 Å². The van der Waals surface area contributed by atoms with E-state index in [0.29, 0.717) is 18.0 Å². The van der Waals surface area contributed by atoms with Gasteiger partial charge in [0.2, 0.25) is 0 Å². The number of rotatable bonds is 7. The first kappa shape index (κ1) is 22.3. The summed E-state index contributed by atoms with van der Waals surface area (Å²) in [5, 5.41) is 9.36. The number of esters is 1. The molecule has 0 radical (unpaired) electrons. The number of carbonyl (C=O) groups excluding carboxylic acids is 1. The average Bonchev–Trinajstić information content (AvgIpc) is 3.27. The molecule has 0 saturated heterocycles. The quantitative estimate of drug-likeness (QED) is 0.315. The molecule has 3 aromatic rings. The number of ether oxygens (including phenoxy) is 1. The molecule has 1 heterocycles. The third-order valence-electron chi connectivity index (χ3n) is 5.57. The van der Waals surface area contributed by atoms with Crippen LogP contribution in [-0.2, 0) is 9.53 Å². The van der Waals surface area contributed by atoms with Crippen LogP contribution in [-0.4, -0.2) is 30.0 Å². The van der Waals surface area contributed by atoms with Gasteiger partial charge in [-0.2, -0.15) is 10.2 Å². The molecule has 0 aromatic heterocycles. The van der Waals surface area contributed by atoms with Gasteiger partial charge in [-0.25, -0.2) is 4.79 Å². The molecule has 6 nitrogen and oxygen atoms in total. The Bertz CT molecular complexity index is 1150. The molecular formula is C27H28N4O2. The fourth-order valence-electron chi connectivity index (χ4n) is 3.80. The lowest BCUT2D eigenvalue weighted by Gasteiger charge is -2.21. The normalized spacial score (nSPS) is 17.8. The SMILES string of the molecule is CCOC(=O)C1NN=C(/C(=N/Nc2ccccc2)c2ccc(C)cc2)C1c1ccc(C)cc1. The summed E-state index contributed by atoms with van der Waals surface area (Å²) in [6.07, 6.45) is 0. The van der Waals surface area contributed by atoms with Gasteiger partial charge in [0.15, 0.2) is 6.04 Å². The minimum Gasteiger partial charge on any atom is -0.464 e. The van der Waals surface area contributed by atoms with E-state index in [-0.39, 0.29) is 11.9 Å². The first-order valence-electron chi connectivity index (χ1n) is 11.1. The van der Waals surface area contributed by atoms with Crippen molar-refractivity contribution in [3.8, 4) is 0 Å². The van der Waals surface area contributed by atoms with Crippen molar-refractivity contribution in [1.82, 2.24) is 5.43 Å². The number of anilines is 1. The number of hydrogen-bond acceptors (Lipinski definition) is 6. The third-order valence-corrected chi connectivity index (χ3v) is 5.57. The molecule has 0 saturated carbocycles. The van der Waals surface area contributed by atoms with Gasteiger partial charge < -0.3 is 4.74 Å². The van der Waals surface area contributed by atoms with E-state index in [1.54, 1.807) is 6.92 Å². The summed E-state index contributed by atoms with van der Waals surface area (Å²) in [6.45, 7) is 6.20. The Morgan fingerprint density at radius 2 is 1.61 bits per heavy atom. The summed E-state index contributed by atoms with van der Waals surface area (Å²) in [5.74, 6) is -0.677. The molecular weight excluding hydrogens is 412 g/mol. The summed E-state index contributed by atoms with van der Waals surface area (Å²) < 4.78 is 5.35. The zero-order valence-corrected chi connectivity index (χ0v) is 19.1. The number of para-hydroxylation sites is 1. The molecule has 2 N–H and O–H groups in total. The Kier molecular flexibility index (Phi) is 6.83. The molecule has 168 valence electrons. The van der Waals surface area contributed by atoms with Crippen molar-refractivity contribution < 1.29 is 9.53 Å². The number of benzene rings is 3. The molecule has 0 aliphatic carbocycles. The van der Waals surface area contributed by atoms with Crippen molar-refractivity contribution in [2.75, 3.05) is 12.0 Å². The highest BCUT2D eigenvalue weighted by Crippen LogP contribution is 2.29. The van der Waals surface area contributed by atoms with Crippen molar-refractivity contribution >= 4 is 23.1 Å². The molecule has 0 bridgehead atoms. The molecule has 2 atom stereocenters. The van der Waals surface area contributed by atoms with Gasteiger partial charge in [0.1, 0.15) is 5.71 Å². The van der Waals surface area contributed by atoms with E-state index >= 15 is 0 Å². The molecule has 4 rings (SSSR count). The lowest BCUT2D eigenvalue weighted by molar-refractivity contribution is -0.145. The van der Waals surface area contributed by atoms with Gasteiger partial charge >= 0.3 is 5.97 Å². The standard InChI is InChI=1S/C27H28N4O2/c1-4-33-27(32)26-23(20-14-10-18(2)11-15-20)25(30-31-26)24(21-16-12-19(3)13-17-21)29-28-22-8-6-5-7-9-22/h5-17,23,26,28,31H,4H2,1-3H3/b29-24+. The van der Waals surface area contributed by atoms with Crippen LogP contribution < -0.4 is 10.9 Å². The van der Waals surface area contributed by atoms with Crippen molar-refractivity contribution in [2.24, 2.45) is 10.2 Å². The van der Waals surface area contributed by atoms with Crippen molar-refractivity contribution in [3.63, 3.8) is 0 Å². The van der Waals surface area contributed by atoms with Gasteiger partial charge in [0, 0.05) is 5.56 Å². The predicted octanol–water partition coefficient (Wildman–Crippen LogP) is 4.79. The number of nitrogens with zero attached hydrogens (tertiary/aromatic N) is 2. The zero-order valence-electron chi connectivity index (χ0n) is 19.1. The highest BCUT2D eigenvalue weighted by molar-refractivity contribution is 6.51. The van der Waals surface area contributed by atoms with Crippen LogP contribution in [0.3, 0.4) is 0 Å². The topological polar surface area (TPSA) is 75.1 Å². The monoisotopic (exact) mass is 440 g/mol. The van der Waals surface area contributed by atoms with Gasteiger partial charge in [0.05, 0.1) is 23.9 Å². The summed E-state index contributed by atoms with van der Waals surface area (Å²) >= 11 is 0. The maximum atomic E-state index is 12.8. The number of hydrogen-bond donors (Lipinski definition) is 2. The molecule has 0 amide bonds. The summed E-state index contributed by atoms with van der Waals surface area (Å²) in [4.78, 5) is 12.8. The smallest absolute Gasteiger partial charge is 0.331 e. The number of aryl methyl sites for hydroxylation is 2. The Labute approximate surface area is 194 Å². The van der Waals surface area contributed by atoms with Crippen LogP contribution in [0.5, 0.6) is 0 Å². The van der Waals surface area contributed by atoms with Crippen LogP contribution in [0.25, 0.3) is 0 Å². The fourth-order valence-corrected chi connectivity index (χ4v) is 3.80. The van der Waals surface area contributed by atoms with E-state index < -0.39 is 6.04 Å². The predicted molar refractivity (Wildman–Crippen MR) is 133 cm³/mol. The Morgan fingerprint density at radius 1 is 0.970 bits per heavy atom.